The monoisotopic (exact) mass is 464 g/mol. The molecule has 0 aromatic heterocycles. The normalized spacial score (nSPS) is 13.7. The second-order valence-electron chi connectivity index (χ2n) is 8.86. The van der Waals surface area contributed by atoms with Crippen molar-refractivity contribution in [2.24, 2.45) is 5.41 Å². The van der Waals surface area contributed by atoms with Gasteiger partial charge in [-0.2, -0.15) is 5.26 Å². The topological polar surface area (TPSA) is 60.7 Å². The number of nitriles is 1. The molecule has 0 saturated carbocycles. The van der Waals surface area contributed by atoms with E-state index in [0.717, 1.165) is 16.9 Å². The van der Waals surface area contributed by atoms with Crippen molar-refractivity contribution in [3.63, 3.8) is 0 Å². The molecule has 5 nitrogen and oxygen atoms in total. The summed E-state index contributed by atoms with van der Waals surface area (Å²) in [4.78, 5) is 0. The standard InChI is InChI=1S/C27H34NO4Si/c1-9-16-31-21-12-10-20(11-13-21)24(26(2,3)4)18-27(19-28,32-33(7)8)23-15-14-22(29-5)17-25(23)30-6/h9-15,17-18H,1,16H2,2-8H3. The molecule has 0 aliphatic rings. The van der Waals surface area contributed by atoms with Crippen LogP contribution in [0, 0.1) is 16.7 Å². The van der Waals surface area contributed by atoms with E-state index in [1.807, 2.05) is 55.6 Å². The van der Waals surface area contributed by atoms with Gasteiger partial charge in [0.2, 0.25) is 9.04 Å². The number of nitrogens with zero attached hydrogens (tertiary/aromatic N) is 1. The van der Waals surface area contributed by atoms with Gasteiger partial charge in [-0.1, -0.05) is 45.6 Å². The minimum absolute atomic E-state index is 0.261. The number of benzene rings is 2. The average Bonchev–Trinajstić information content (AvgIpc) is 2.79. The zero-order chi connectivity index (χ0) is 24.6. The summed E-state index contributed by atoms with van der Waals surface area (Å²) in [6, 6.07) is 15.8. The molecule has 0 aliphatic heterocycles. The molecule has 0 heterocycles. The smallest absolute Gasteiger partial charge is 0.208 e. The summed E-state index contributed by atoms with van der Waals surface area (Å²) < 4.78 is 23.1. The zero-order valence-corrected chi connectivity index (χ0v) is 21.7. The molecule has 0 N–H and O–H groups in total. The first-order valence-electron chi connectivity index (χ1n) is 10.8. The van der Waals surface area contributed by atoms with Gasteiger partial charge in [0.25, 0.3) is 0 Å². The third kappa shape index (κ3) is 6.50. The number of hydrogen-bond acceptors (Lipinski definition) is 5. The summed E-state index contributed by atoms with van der Waals surface area (Å²) in [5.41, 5.74) is 1.04. The molecule has 175 valence electrons. The lowest BCUT2D eigenvalue weighted by Gasteiger charge is -2.32. The van der Waals surface area contributed by atoms with E-state index in [2.05, 4.69) is 33.4 Å². The van der Waals surface area contributed by atoms with Crippen LogP contribution in [-0.2, 0) is 10.0 Å². The van der Waals surface area contributed by atoms with Crippen LogP contribution in [0.1, 0.15) is 31.9 Å². The summed E-state index contributed by atoms with van der Waals surface area (Å²) in [5.74, 6) is 1.95. The van der Waals surface area contributed by atoms with Gasteiger partial charge in [-0.3, -0.25) is 0 Å². The Balaban J connectivity index is 2.74. The van der Waals surface area contributed by atoms with Crippen molar-refractivity contribution in [1.29, 1.82) is 5.26 Å². The predicted molar refractivity (Wildman–Crippen MR) is 135 cm³/mol. The minimum Gasteiger partial charge on any atom is -0.497 e. The Morgan fingerprint density at radius 2 is 1.67 bits per heavy atom. The van der Waals surface area contributed by atoms with Crippen LogP contribution in [0.2, 0.25) is 13.1 Å². The molecule has 1 unspecified atom stereocenters. The van der Waals surface area contributed by atoms with Gasteiger partial charge in [0, 0.05) is 11.6 Å². The predicted octanol–water partition coefficient (Wildman–Crippen LogP) is 6.38. The maximum absolute atomic E-state index is 10.5. The van der Waals surface area contributed by atoms with Gasteiger partial charge < -0.3 is 18.6 Å². The van der Waals surface area contributed by atoms with Crippen molar-refractivity contribution in [2.45, 2.75) is 39.5 Å². The van der Waals surface area contributed by atoms with E-state index in [1.165, 1.54) is 0 Å². The first kappa shape index (κ1) is 26.2. The van der Waals surface area contributed by atoms with Gasteiger partial charge >= 0.3 is 0 Å². The Bertz CT molecular complexity index is 1020. The van der Waals surface area contributed by atoms with Gasteiger partial charge in [-0.25, -0.2) is 0 Å². The maximum Gasteiger partial charge on any atom is 0.208 e. The van der Waals surface area contributed by atoms with Crippen LogP contribution in [0.15, 0.2) is 61.2 Å². The molecule has 0 fully saturated rings. The Hall–Kier alpha value is -3.01. The fourth-order valence-corrected chi connectivity index (χ4v) is 4.39. The van der Waals surface area contributed by atoms with Gasteiger partial charge in [0.15, 0.2) is 5.60 Å². The van der Waals surface area contributed by atoms with E-state index in [0.29, 0.717) is 23.7 Å². The highest BCUT2D eigenvalue weighted by atomic mass is 28.3. The fourth-order valence-electron chi connectivity index (χ4n) is 3.53. The number of methoxy groups -OCH3 is 2. The largest absolute Gasteiger partial charge is 0.497 e. The molecule has 0 bridgehead atoms. The van der Waals surface area contributed by atoms with Crippen molar-refractivity contribution in [2.75, 3.05) is 20.8 Å². The van der Waals surface area contributed by atoms with Gasteiger partial charge in [-0.15, -0.1) is 0 Å². The van der Waals surface area contributed by atoms with Crippen LogP contribution >= 0.6 is 0 Å². The van der Waals surface area contributed by atoms with Crippen LogP contribution in [0.25, 0.3) is 5.57 Å². The molecule has 2 aromatic carbocycles. The lowest BCUT2D eigenvalue weighted by molar-refractivity contribution is 0.178. The molecule has 0 amide bonds. The highest BCUT2D eigenvalue weighted by molar-refractivity contribution is 6.48. The van der Waals surface area contributed by atoms with Crippen molar-refractivity contribution >= 4 is 14.6 Å². The zero-order valence-electron chi connectivity index (χ0n) is 20.7. The molecule has 0 spiro atoms. The SMILES string of the molecule is C=CCOc1ccc(C(=CC(C#N)(O[Si](C)C)c2ccc(OC)cc2OC)C(C)(C)C)cc1. The summed E-state index contributed by atoms with van der Waals surface area (Å²) in [5, 5.41) is 10.5. The minimum atomic E-state index is -1.32. The average molecular weight is 465 g/mol. The van der Waals surface area contributed by atoms with Gasteiger partial charge in [0.1, 0.15) is 29.9 Å². The van der Waals surface area contributed by atoms with Crippen molar-refractivity contribution in [1.82, 2.24) is 0 Å². The fraction of sp³-hybridized carbons (Fsp3) is 0.370. The molecule has 33 heavy (non-hydrogen) atoms. The van der Waals surface area contributed by atoms with E-state index in [-0.39, 0.29) is 5.41 Å². The Labute approximate surface area is 200 Å². The molecule has 1 radical (unpaired) electrons. The molecule has 0 saturated heterocycles. The van der Waals surface area contributed by atoms with Gasteiger partial charge in [0.05, 0.1) is 14.2 Å². The third-order valence-electron chi connectivity index (χ3n) is 5.03. The van der Waals surface area contributed by atoms with E-state index in [1.54, 1.807) is 26.4 Å². The molecule has 2 aromatic rings. The highest BCUT2D eigenvalue weighted by Gasteiger charge is 2.38. The summed E-state index contributed by atoms with van der Waals surface area (Å²) in [6.45, 7) is 14.5. The molecular formula is C27H34NO4Si. The van der Waals surface area contributed by atoms with E-state index in [4.69, 9.17) is 18.6 Å². The molecule has 2 rings (SSSR count). The Morgan fingerprint density at radius 3 is 2.15 bits per heavy atom. The Kier molecular flexibility index (Phi) is 8.92. The first-order valence-corrected chi connectivity index (χ1v) is 13.2. The van der Waals surface area contributed by atoms with E-state index >= 15 is 0 Å². The van der Waals surface area contributed by atoms with Crippen molar-refractivity contribution in [3.8, 4) is 23.3 Å². The number of rotatable bonds is 10. The van der Waals surface area contributed by atoms with Crippen LogP contribution in [0.3, 0.4) is 0 Å². The van der Waals surface area contributed by atoms with E-state index < -0.39 is 14.6 Å². The maximum atomic E-state index is 10.5. The summed E-state index contributed by atoms with van der Waals surface area (Å²) >= 11 is 0. The summed E-state index contributed by atoms with van der Waals surface area (Å²) in [6.07, 6.45) is 3.65. The summed E-state index contributed by atoms with van der Waals surface area (Å²) in [7, 11) is 1.92. The third-order valence-corrected chi connectivity index (χ3v) is 5.76. The second kappa shape index (κ2) is 11.2. The number of ether oxygens (including phenoxy) is 3. The van der Waals surface area contributed by atoms with E-state index in [9.17, 15) is 5.26 Å². The number of hydrogen-bond donors (Lipinski definition) is 0. The number of allylic oxidation sites excluding steroid dienone is 1. The van der Waals surface area contributed by atoms with Crippen LogP contribution < -0.4 is 14.2 Å². The molecule has 0 aliphatic carbocycles. The second-order valence-corrected chi connectivity index (χ2v) is 10.9. The molecule has 1 atom stereocenters. The molecule has 6 heteroatoms. The highest BCUT2D eigenvalue weighted by Crippen LogP contribution is 2.43. The van der Waals surface area contributed by atoms with Crippen LogP contribution in [-0.4, -0.2) is 29.9 Å². The first-order chi connectivity index (χ1) is 15.6. The van der Waals surface area contributed by atoms with Crippen LogP contribution in [0.4, 0.5) is 0 Å². The van der Waals surface area contributed by atoms with Crippen molar-refractivity contribution < 1.29 is 18.6 Å². The van der Waals surface area contributed by atoms with Crippen LogP contribution in [0.5, 0.6) is 17.2 Å². The van der Waals surface area contributed by atoms with Crippen molar-refractivity contribution in [3.05, 3.63) is 72.3 Å². The quantitative estimate of drug-likeness (QED) is 0.301. The molecular weight excluding hydrogens is 430 g/mol. The lowest BCUT2D eigenvalue weighted by atomic mass is 9.78. The lowest BCUT2D eigenvalue weighted by Crippen LogP contribution is -2.32. The Morgan fingerprint density at radius 1 is 1.03 bits per heavy atom. The van der Waals surface area contributed by atoms with Gasteiger partial charge in [-0.05, 0) is 60.0 Å².